The Kier molecular flexibility index (Phi) is 7.66. The van der Waals surface area contributed by atoms with Gasteiger partial charge in [-0.15, -0.1) is 0 Å². The summed E-state index contributed by atoms with van der Waals surface area (Å²) in [5.74, 6) is -1.74. The molecule has 0 bridgehead atoms. The van der Waals surface area contributed by atoms with E-state index in [9.17, 15) is 36.3 Å². The Morgan fingerprint density at radius 2 is 1.69 bits per heavy atom. The summed E-state index contributed by atoms with van der Waals surface area (Å²) in [7, 11) is -4.27. The van der Waals surface area contributed by atoms with Crippen LogP contribution >= 0.6 is 11.3 Å². The average Bonchev–Trinajstić information content (AvgIpc) is 3.21. The van der Waals surface area contributed by atoms with Crippen molar-refractivity contribution in [3.63, 3.8) is 0 Å². The third-order valence-electron chi connectivity index (χ3n) is 5.85. The quantitative estimate of drug-likeness (QED) is 0.296. The maximum Gasteiger partial charge on any atom is 0.416 e. The van der Waals surface area contributed by atoms with E-state index in [2.05, 4.69) is 9.71 Å². The summed E-state index contributed by atoms with van der Waals surface area (Å²) in [6.45, 7) is 3.52. The molecule has 0 saturated carbocycles. The van der Waals surface area contributed by atoms with Gasteiger partial charge in [-0.05, 0) is 67.9 Å². The summed E-state index contributed by atoms with van der Waals surface area (Å²) in [6, 6.07) is 13.0. The van der Waals surface area contributed by atoms with E-state index < -0.39 is 39.7 Å². The SMILES string of the molecule is CCC(C(=O)O)n1/c(=N/C(=O)c2ccc(C)cc2)sc2ccc(NS(=O)(=O)c3ccc(C(F)(F)F)cc3)cc21. The molecule has 0 aliphatic carbocycles. The fourth-order valence-electron chi connectivity index (χ4n) is 3.84. The highest BCUT2D eigenvalue weighted by Crippen LogP contribution is 2.31. The van der Waals surface area contributed by atoms with Crippen LogP contribution in [0.1, 0.15) is 40.9 Å². The van der Waals surface area contributed by atoms with Crippen molar-refractivity contribution in [1.82, 2.24) is 4.57 Å². The van der Waals surface area contributed by atoms with E-state index in [1.807, 2.05) is 6.92 Å². The van der Waals surface area contributed by atoms with E-state index in [-0.39, 0.29) is 21.8 Å². The number of nitrogens with zero attached hydrogens (tertiary/aromatic N) is 2. The molecule has 3 aromatic carbocycles. The van der Waals surface area contributed by atoms with Crippen LogP contribution in [-0.4, -0.2) is 30.0 Å². The Balaban J connectivity index is 1.78. The lowest BCUT2D eigenvalue weighted by atomic mass is 10.1. The van der Waals surface area contributed by atoms with Crippen molar-refractivity contribution in [2.45, 2.75) is 37.4 Å². The molecule has 8 nitrogen and oxygen atoms in total. The molecule has 1 amide bonds. The molecule has 204 valence electrons. The van der Waals surface area contributed by atoms with Gasteiger partial charge in [0.15, 0.2) is 4.80 Å². The number of aromatic nitrogens is 1. The zero-order chi connectivity index (χ0) is 28.5. The average molecular weight is 578 g/mol. The molecule has 0 aliphatic rings. The monoisotopic (exact) mass is 577 g/mol. The van der Waals surface area contributed by atoms with Gasteiger partial charge in [0.25, 0.3) is 15.9 Å². The maximum absolute atomic E-state index is 12.9. The summed E-state index contributed by atoms with van der Waals surface area (Å²) in [4.78, 5) is 28.8. The fourth-order valence-corrected chi connectivity index (χ4v) is 5.93. The predicted octanol–water partition coefficient (Wildman–Crippen LogP) is 5.61. The number of thiazole rings is 1. The number of carboxylic acid groups (broad SMARTS) is 1. The summed E-state index contributed by atoms with van der Waals surface area (Å²) < 4.78 is 68.5. The highest BCUT2D eigenvalue weighted by Gasteiger charge is 2.31. The fraction of sp³-hybridized carbons (Fsp3) is 0.192. The zero-order valence-corrected chi connectivity index (χ0v) is 22.2. The van der Waals surface area contributed by atoms with E-state index in [0.29, 0.717) is 27.9 Å². The number of carbonyl (C=O) groups is 2. The number of halogens is 3. The standard InChI is InChI=1S/C26H22F3N3O5S2/c1-3-20(24(34)35)32-21-14-18(31-39(36,37)19-11-8-17(9-12-19)26(27,28)29)10-13-22(21)38-25(32)30-23(33)16-6-4-15(2)5-7-16/h4-14,20,31H,3H2,1-2H3,(H,34,35)/b30-25-. The lowest BCUT2D eigenvalue weighted by Gasteiger charge is -2.14. The van der Waals surface area contributed by atoms with Crippen LogP contribution in [-0.2, 0) is 21.0 Å². The normalized spacial score (nSPS) is 13.4. The summed E-state index contributed by atoms with van der Waals surface area (Å²) in [6.07, 6.45) is -4.47. The van der Waals surface area contributed by atoms with Gasteiger partial charge in [-0.2, -0.15) is 18.2 Å². The van der Waals surface area contributed by atoms with Gasteiger partial charge >= 0.3 is 12.1 Å². The molecule has 2 N–H and O–H groups in total. The van der Waals surface area contributed by atoms with Crippen molar-refractivity contribution in [3.8, 4) is 0 Å². The van der Waals surface area contributed by atoms with Gasteiger partial charge in [-0.3, -0.25) is 9.52 Å². The molecule has 13 heteroatoms. The van der Waals surface area contributed by atoms with Crippen molar-refractivity contribution in [2.75, 3.05) is 4.72 Å². The molecule has 39 heavy (non-hydrogen) atoms. The van der Waals surface area contributed by atoms with Crippen molar-refractivity contribution < 1.29 is 36.3 Å². The van der Waals surface area contributed by atoms with Crippen LogP contribution in [0.4, 0.5) is 18.9 Å². The first kappa shape index (κ1) is 28.0. The first-order valence-corrected chi connectivity index (χ1v) is 13.8. The van der Waals surface area contributed by atoms with Crippen LogP contribution in [0.3, 0.4) is 0 Å². The molecule has 1 atom stereocenters. The van der Waals surface area contributed by atoms with Crippen molar-refractivity contribution >= 4 is 49.1 Å². The molecule has 0 saturated heterocycles. The largest absolute Gasteiger partial charge is 0.480 e. The van der Waals surface area contributed by atoms with E-state index >= 15 is 0 Å². The molecule has 1 unspecified atom stereocenters. The second kappa shape index (κ2) is 10.7. The lowest BCUT2D eigenvalue weighted by Crippen LogP contribution is -2.27. The van der Waals surface area contributed by atoms with E-state index in [1.54, 1.807) is 37.3 Å². The van der Waals surface area contributed by atoms with Crippen molar-refractivity contribution in [3.05, 3.63) is 88.2 Å². The molecule has 1 aromatic heterocycles. The molecule has 1 heterocycles. The number of anilines is 1. The lowest BCUT2D eigenvalue weighted by molar-refractivity contribution is -0.141. The van der Waals surface area contributed by atoms with Crippen molar-refractivity contribution in [2.24, 2.45) is 4.99 Å². The number of aryl methyl sites for hydroxylation is 1. The minimum absolute atomic E-state index is 0.0469. The number of hydrogen-bond donors (Lipinski definition) is 2. The van der Waals surface area contributed by atoms with Crippen LogP contribution in [0, 0.1) is 6.92 Å². The van der Waals surface area contributed by atoms with Gasteiger partial charge in [0.2, 0.25) is 0 Å². The van der Waals surface area contributed by atoms with Crippen LogP contribution < -0.4 is 9.52 Å². The van der Waals surface area contributed by atoms with Crippen LogP contribution in [0.25, 0.3) is 10.2 Å². The first-order valence-electron chi connectivity index (χ1n) is 11.5. The van der Waals surface area contributed by atoms with Gasteiger partial charge in [0, 0.05) is 5.56 Å². The number of hydrogen-bond acceptors (Lipinski definition) is 5. The van der Waals surface area contributed by atoms with Gasteiger partial charge < -0.3 is 9.67 Å². The Morgan fingerprint density at radius 3 is 2.26 bits per heavy atom. The first-order chi connectivity index (χ1) is 18.3. The summed E-state index contributed by atoms with van der Waals surface area (Å²) in [5.41, 5.74) is 0.644. The minimum Gasteiger partial charge on any atom is -0.480 e. The Hall–Kier alpha value is -3.97. The number of rotatable bonds is 7. The predicted molar refractivity (Wildman–Crippen MR) is 140 cm³/mol. The molecule has 0 aliphatic heterocycles. The van der Waals surface area contributed by atoms with Crippen LogP contribution in [0.5, 0.6) is 0 Å². The van der Waals surface area contributed by atoms with Gasteiger partial charge in [-0.25, -0.2) is 13.2 Å². The van der Waals surface area contributed by atoms with Crippen LogP contribution in [0.2, 0.25) is 0 Å². The molecule has 0 spiro atoms. The van der Waals surface area contributed by atoms with E-state index in [0.717, 1.165) is 29.0 Å². The second-order valence-corrected chi connectivity index (χ2v) is 11.3. The second-order valence-electron chi connectivity index (χ2n) is 8.61. The number of aliphatic carboxylic acids is 1. The number of fused-ring (bicyclic) bond motifs is 1. The summed E-state index contributed by atoms with van der Waals surface area (Å²) in [5, 5.41) is 9.86. The molecular weight excluding hydrogens is 555 g/mol. The highest BCUT2D eigenvalue weighted by atomic mass is 32.2. The van der Waals surface area contributed by atoms with E-state index in [4.69, 9.17) is 0 Å². The summed E-state index contributed by atoms with van der Waals surface area (Å²) >= 11 is 1.07. The highest BCUT2D eigenvalue weighted by molar-refractivity contribution is 7.92. The van der Waals surface area contributed by atoms with Crippen molar-refractivity contribution in [1.29, 1.82) is 0 Å². The maximum atomic E-state index is 12.9. The number of sulfonamides is 1. The van der Waals surface area contributed by atoms with Gasteiger partial charge in [0.1, 0.15) is 6.04 Å². The smallest absolute Gasteiger partial charge is 0.416 e. The van der Waals surface area contributed by atoms with Gasteiger partial charge in [-0.1, -0.05) is 36.0 Å². The Morgan fingerprint density at radius 1 is 1.05 bits per heavy atom. The number of nitrogens with one attached hydrogen (secondary N) is 1. The number of amides is 1. The molecule has 4 rings (SSSR count). The molecule has 4 aromatic rings. The van der Waals surface area contributed by atoms with Gasteiger partial charge in [0.05, 0.1) is 26.4 Å². The topological polar surface area (TPSA) is 118 Å². The number of alkyl halides is 3. The third-order valence-corrected chi connectivity index (χ3v) is 8.28. The zero-order valence-electron chi connectivity index (χ0n) is 20.6. The molecule has 0 fully saturated rings. The third kappa shape index (κ3) is 6.04. The number of carbonyl (C=O) groups excluding carboxylic acids is 1. The minimum atomic E-state index is -4.61. The Bertz CT molecular complexity index is 1720. The molecular formula is C26H22F3N3O5S2. The number of benzene rings is 3. The molecule has 0 radical (unpaired) electrons. The Labute approximate surface area is 225 Å². The van der Waals surface area contributed by atoms with E-state index in [1.165, 1.54) is 16.7 Å². The van der Waals surface area contributed by atoms with Crippen LogP contribution in [0.15, 0.2) is 76.6 Å². The number of carboxylic acids is 1.